The fourth-order valence-electron chi connectivity index (χ4n) is 10.5. The van der Waals surface area contributed by atoms with Crippen molar-refractivity contribution >= 4 is 66.4 Å². The molecule has 288 valence electrons. The summed E-state index contributed by atoms with van der Waals surface area (Å²) in [6.45, 7) is 18.3. The second-order valence-corrected chi connectivity index (χ2v) is 17.4. The Balaban J connectivity index is 1.23. The molecule has 1 aliphatic carbocycles. The summed E-state index contributed by atoms with van der Waals surface area (Å²) >= 11 is 0. The van der Waals surface area contributed by atoms with Gasteiger partial charge in [0.1, 0.15) is 0 Å². The molecule has 0 aliphatic heterocycles. The van der Waals surface area contributed by atoms with Crippen molar-refractivity contribution in [2.24, 2.45) is 0 Å². The zero-order valence-corrected chi connectivity index (χ0v) is 35.4. The number of fused-ring (bicyclic) bond motifs is 7. The molecule has 0 bridgehead atoms. The monoisotopic (exact) mass is 762 g/mol. The second kappa shape index (κ2) is 13.7. The summed E-state index contributed by atoms with van der Waals surface area (Å²) in [5, 5.41) is 7.47. The number of aryl methyl sites for hydroxylation is 6. The Morgan fingerprint density at radius 2 is 0.831 bits per heavy atom. The number of nitrogens with zero attached hydrogens (tertiary/aromatic N) is 2. The molecule has 1 aliphatic rings. The van der Waals surface area contributed by atoms with E-state index in [2.05, 4.69) is 223 Å². The van der Waals surface area contributed by atoms with Crippen LogP contribution in [0.15, 0.2) is 158 Å². The molecule has 0 atom stereocenters. The summed E-state index contributed by atoms with van der Waals surface area (Å²) in [6.07, 6.45) is 0. The molecule has 0 saturated carbocycles. The number of hydrogen-bond donors (Lipinski definition) is 0. The predicted molar refractivity (Wildman–Crippen MR) is 254 cm³/mol. The average Bonchev–Trinajstić information content (AvgIpc) is 3.45. The predicted octanol–water partition coefficient (Wildman–Crippen LogP) is 16.2. The van der Waals surface area contributed by atoms with Gasteiger partial charge in [0, 0.05) is 27.3 Å². The first-order chi connectivity index (χ1) is 28.5. The molecule has 2 heteroatoms. The Hall–Kier alpha value is -6.64. The van der Waals surface area contributed by atoms with E-state index in [0.29, 0.717) is 0 Å². The summed E-state index contributed by atoms with van der Waals surface area (Å²) in [4.78, 5) is 5.07. The van der Waals surface area contributed by atoms with Gasteiger partial charge < -0.3 is 9.80 Å². The minimum Gasteiger partial charge on any atom is -0.309 e. The third-order valence-corrected chi connectivity index (χ3v) is 12.9. The van der Waals surface area contributed by atoms with Crippen molar-refractivity contribution in [3.05, 3.63) is 202 Å². The smallest absolute Gasteiger partial charge is 0.0544 e. The van der Waals surface area contributed by atoms with Gasteiger partial charge in [-0.2, -0.15) is 0 Å². The lowest BCUT2D eigenvalue weighted by Crippen LogP contribution is -2.19. The lowest BCUT2D eigenvalue weighted by Gasteiger charge is -2.33. The van der Waals surface area contributed by atoms with Crippen molar-refractivity contribution in [2.45, 2.75) is 60.8 Å². The van der Waals surface area contributed by atoms with Gasteiger partial charge in [0.25, 0.3) is 0 Å². The number of hydrogen-bond acceptors (Lipinski definition) is 2. The Bertz CT molecular complexity index is 3110. The van der Waals surface area contributed by atoms with E-state index >= 15 is 0 Å². The van der Waals surface area contributed by atoms with Gasteiger partial charge in [-0.3, -0.25) is 0 Å². The van der Waals surface area contributed by atoms with Crippen LogP contribution in [0.4, 0.5) is 34.1 Å². The first-order valence-electron chi connectivity index (χ1n) is 20.9. The standard InChI is InChI=1S/C57H50N2/c1-35-29-37(3)55(38(4)30-35)58(51-25-15-19-41-17-9-11-21-44(41)51)43-27-28-48-49(33-43)57(7,8)50-34-53(46-23-13-14-24-47(46)54(48)50)59(56-39(5)31-36(2)32-40(56)6)52-26-16-20-42-18-10-12-22-45(42)52/h9-34H,1-8H3. The Morgan fingerprint density at radius 3 is 1.39 bits per heavy atom. The molecule has 2 nitrogen and oxygen atoms in total. The minimum atomic E-state index is -0.289. The summed E-state index contributed by atoms with van der Waals surface area (Å²) in [6, 6.07) is 59.2. The molecule has 9 aromatic rings. The zero-order chi connectivity index (χ0) is 40.7. The summed E-state index contributed by atoms with van der Waals surface area (Å²) in [5.41, 5.74) is 19.9. The molecule has 9 aromatic carbocycles. The Kier molecular flexibility index (Phi) is 8.54. The van der Waals surface area contributed by atoms with E-state index in [1.807, 2.05) is 0 Å². The van der Waals surface area contributed by atoms with Gasteiger partial charge in [-0.1, -0.05) is 152 Å². The van der Waals surface area contributed by atoms with E-state index in [1.54, 1.807) is 0 Å². The third kappa shape index (κ3) is 5.76. The van der Waals surface area contributed by atoms with Crippen LogP contribution in [0.1, 0.15) is 58.4 Å². The van der Waals surface area contributed by atoms with Crippen molar-refractivity contribution < 1.29 is 0 Å². The van der Waals surface area contributed by atoms with Crippen molar-refractivity contribution in [2.75, 3.05) is 9.80 Å². The molecular formula is C57H50N2. The van der Waals surface area contributed by atoms with Crippen molar-refractivity contribution in [1.29, 1.82) is 0 Å². The molecule has 10 rings (SSSR count). The minimum absolute atomic E-state index is 0.289. The average molecular weight is 763 g/mol. The molecule has 0 saturated heterocycles. The highest BCUT2D eigenvalue weighted by Gasteiger charge is 2.39. The van der Waals surface area contributed by atoms with Crippen molar-refractivity contribution in [3.63, 3.8) is 0 Å². The summed E-state index contributed by atoms with van der Waals surface area (Å²) in [7, 11) is 0. The van der Waals surface area contributed by atoms with E-state index in [0.717, 1.165) is 0 Å². The van der Waals surface area contributed by atoms with Crippen LogP contribution < -0.4 is 9.80 Å². The van der Waals surface area contributed by atoms with Gasteiger partial charge in [-0.05, 0) is 133 Å². The Labute approximate surface area is 349 Å². The van der Waals surface area contributed by atoms with Gasteiger partial charge in [-0.15, -0.1) is 0 Å². The van der Waals surface area contributed by atoms with Crippen LogP contribution in [0, 0.1) is 41.5 Å². The largest absolute Gasteiger partial charge is 0.309 e. The molecule has 0 N–H and O–H groups in total. The maximum Gasteiger partial charge on any atom is 0.0544 e. The highest BCUT2D eigenvalue weighted by molar-refractivity contribution is 6.12. The lowest BCUT2D eigenvalue weighted by molar-refractivity contribution is 0.661. The number of rotatable bonds is 6. The van der Waals surface area contributed by atoms with Crippen LogP contribution in [0.5, 0.6) is 0 Å². The van der Waals surface area contributed by atoms with Gasteiger partial charge in [0.05, 0.1) is 28.4 Å². The van der Waals surface area contributed by atoms with E-state index in [-0.39, 0.29) is 5.41 Å². The van der Waals surface area contributed by atoms with Crippen molar-refractivity contribution in [3.8, 4) is 11.1 Å². The number of benzene rings is 9. The quantitative estimate of drug-likeness (QED) is 0.166. The van der Waals surface area contributed by atoms with Gasteiger partial charge >= 0.3 is 0 Å². The molecular weight excluding hydrogens is 713 g/mol. The molecule has 0 radical (unpaired) electrons. The highest BCUT2D eigenvalue weighted by Crippen LogP contribution is 2.57. The van der Waals surface area contributed by atoms with E-state index in [1.165, 1.54) is 122 Å². The normalized spacial score (nSPS) is 12.9. The third-order valence-electron chi connectivity index (χ3n) is 12.9. The molecule has 0 aromatic heterocycles. The van der Waals surface area contributed by atoms with Crippen LogP contribution in [0.3, 0.4) is 0 Å². The topological polar surface area (TPSA) is 6.48 Å². The second-order valence-electron chi connectivity index (χ2n) is 17.4. The zero-order valence-electron chi connectivity index (χ0n) is 35.4. The maximum atomic E-state index is 2.56. The van der Waals surface area contributed by atoms with Crippen LogP contribution in [0.25, 0.3) is 43.4 Å². The van der Waals surface area contributed by atoms with Gasteiger partial charge in [-0.25, -0.2) is 0 Å². The fraction of sp³-hybridized carbons (Fsp3) is 0.158. The van der Waals surface area contributed by atoms with Crippen LogP contribution in [0.2, 0.25) is 0 Å². The van der Waals surface area contributed by atoms with E-state index in [9.17, 15) is 0 Å². The van der Waals surface area contributed by atoms with Gasteiger partial charge in [0.15, 0.2) is 0 Å². The SMILES string of the molecule is Cc1cc(C)c(N(c2ccc3c(c2)C(C)(C)c2cc(N(c4c(C)cc(C)cc4C)c4cccc5ccccc45)c4ccccc4c2-3)c2cccc3ccccc23)c(C)c1. The summed E-state index contributed by atoms with van der Waals surface area (Å²) < 4.78 is 0. The molecule has 0 fully saturated rings. The van der Waals surface area contributed by atoms with Crippen LogP contribution >= 0.6 is 0 Å². The van der Waals surface area contributed by atoms with E-state index < -0.39 is 0 Å². The molecule has 0 amide bonds. The molecule has 0 unspecified atom stereocenters. The maximum absolute atomic E-state index is 2.56. The van der Waals surface area contributed by atoms with E-state index in [4.69, 9.17) is 0 Å². The molecule has 0 spiro atoms. The lowest BCUT2D eigenvalue weighted by atomic mass is 9.81. The van der Waals surface area contributed by atoms with Crippen molar-refractivity contribution in [1.82, 2.24) is 0 Å². The first kappa shape index (κ1) is 36.7. The molecule has 59 heavy (non-hydrogen) atoms. The number of anilines is 6. The highest BCUT2D eigenvalue weighted by atomic mass is 15.2. The van der Waals surface area contributed by atoms with Crippen LogP contribution in [-0.2, 0) is 5.41 Å². The first-order valence-corrected chi connectivity index (χ1v) is 20.9. The Morgan fingerprint density at radius 1 is 0.373 bits per heavy atom. The van der Waals surface area contributed by atoms with Crippen LogP contribution in [-0.4, -0.2) is 0 Å². The summed E-state index contributed by atoms with van der Waals surface area (Å²) in [5.74, 6) is 0. The van der Waals surface area contributed by atoms with Gasteiger partial charge in [0.2, 0.25) is 0 Å². The molecule has 0 heterocycles. The fourth-order valence-corrected chi connectivity index (χ4v) is 10.5.